The van der Waals surface area contributed by atoms with E-state index in [1.165, 1.54) is 10.5 Å². The molecular formula is C29H28N2O3. The van der Waals surface area contributed by atoms with Crippen molar-refractivity contribution in [3.63, 3.8) is 0 Å². The molecule has 172 valence electrons. The van der Waals surface area contributed by atoms with Crippen LogP contribution in [0.3, 0.4) is 0 Å². The van der Waals surface area contributed by atoms with Crippen molar-refractivity contribution in [1.29, 1.82) is 0 Å². The van der Waals surface area contributed by atoms with Crippen molar-refractivity contribution in [3.05, 3.63) is 94.7 Å². The van der Waals surface area contributed by atoms with Gasteiger partial charge in [-0.2, -0.15) is 0 Å². The zero-order valence-electron chi connectivity index (χ0n) is 19.8. The molecule has 0 radical (unpaired) electrons. The maximum absolute atomic E-state index is 14.0. The number of nitrogens with zero attached hydrogens (tertiary/aromatic N) is 2. The monoisotopic (exact) mass is 452 g/mol. The van der Waals surface area contributed by atoms with Gasteiger partial charge < -0.3 is 9.64 Å². The number of carbonyl (C=O) groups excluding carboxylic acids is 2. The maximum Gasteiger partial charge on any atom is 0.282 e. The van der Waals surface area contributed by atoms with Gasteiger partial charge in [-0.25, -0.2) is 4.90 Å². The fourth-order valence-electron chi connectivity index (χ4n) is 4.69. The van der Waals surface area contributed by atoms with Crippen LogP contribution in [-0.2, 0) is 16.0 Å². The molecule has 34 heavy (non-hydrogen) atoms. The van der Waals surface area contributed by atoms with Crippen LogP contribution in [0.25, 0.3) is 5.57 Å². The van der Waals surface area contributed by atoms with Crippen LogP contribution >= 0.6 is 0 Å². The van der Waals surface area contributed by atoms with E-state index in [9.17, 15) is 9.59 Å². The number of benzene rings is 3. The van der Waals surface area contributed by atoms with Crippen LogP contribution in [0.2, 0.25) is 0 Å². The smallest absolute Gasteiger partial charge is 0.282 e. The average molecular weight is 453 g/mol. The van der Waals surface area contributed by atoms with Gasteiger partial charge in [0, 0.05) is 12.2 Å². The van der Waals surface area contributed by atoms with Gasteiger partial charge in [0.2, 0.25) is 0 Å². The molecule has 0 aromatic heterocycles. The SMILES string of the molecule is CCCOc1ccccc1N1C(=O)C(c2ccc(C)c(C)c2)=C(N2CCc3ccccc32)C1=O. The van der Waals surface area contributed by atoms with Crippen LogP contribution in [0.5, 0.6) is 5.75 Å². The first-order chi connectivity index (χ1) is 16.5. The van der Waals surface area contributed by atoms with E-state index in [0.717, 1.165) is 35.2 Å². The molecular weight excluding hydrogens is 424 g/mol. The Morgan fingerprint density at radius 3 is 2.35 bits per heavy atom. The van der Waals surface area contributed by atoms with Gasteiger partial charge in [-0.3, -0.25) is 9.59 Å². The van der Waals surface area contributed by atoms with Crippen LogP contribution in [-0.4, -0.2) is 25.0 Å². The number of ether oxygens (including phenoxy) is 1. The van der Waals surface area contributed by atoms with Crippen LogP contribution < -0.4 is 14.5 Å². The van der Waals surface area contributed by atoms with E-state index >= 15 is 0 Å². The van der Waals surface area contributed by atoms with Crippen molar-refractivity contribution < 1.29 is 14.3 Å². The summed E-state index contributed by atoms with van der Waals surface area (Å²) in [6.07, 6.45) is 1.66. The molecule has 5 rings (SSSR count). The van der Waals surface area contributed by atoms with Gasteiger partial charge in [0.15, 0.2) is 0 Å². The average Bonchev–Trinajstić information content (AvgIpc) is 3.37. The third-order valence-corrected chi connectivity index (χ3v) is 6.58. The minimum atomic E-state index is -0.319. The highest BCUT2D eigenvalue weighted by atomic mass is 16.5. The van der Waals surface area contributed by atoms with Crippen molar-refractivity contribution in [2.75, 3.05) is 23.0 Å². The fourth-order valence-corrected chi connectivity index (χ4v) is 4.69. The van der Waals surface area contributed by atoms with Gasteiger partial charge in [0.05, 0.1) is 17.9 Å². The van der Waals surface area contributed by atoms with Gasteiger partial charge in [-0.15, -0.1) is 0 Å². The topological polar surface area (TPSA) is 49.9 Å². The summed E-state index contributed by atoms with van der Waals surface area (Å²) in [6.45, 7) is 7.26. The van der Waals surface area contributed by atoms with Crippen molar-refractivity contribution in [1.82, 2.24) is 0 Å². The number of rotatable bonds is 6. The quantitative estimate of drug-likeness (QED) is 0.468. The molecule has 3 aromatic carbocycles. The molecule has 5 nitrogen and oxygen atoms in total. The molecule has 2 aliphatic heterocycles. The molecule has 2 heterocycles. The van der Waals surface area contributed by atoms with E-state index in [-0.39, 0.29) is 11.8 Å². The van der Waals surface area contributed by atoms with Crippen LogP contribution in [0.15, 0.2) is 72.4 Å². The lowest BCUT2D eigenvalue weighted by Crippen LogP contribution is -2.35. The Bertz CT molecular complexity index is 1320. The lowest BCUT2D eigenvalue weighted by atomic mass is 9.99. The van der Waals surface area contributed by atoms with Crippen molar-refractivity contribution >= 4 is 28.8 Å². The number of hydrogen-bond acceptors (Lipinski definition) is 4. The number of carbonyl (C=O) groups is 2. The number of amides is 2. The van der Waals surface area contributed by atoms with Crippen molar-refractivity contribution in [3.8, 4) is 5.75 Å². The summed E-state index contributed by atoms with van der Waals surface area (Å²) in [5.74, 6) is -0.101. The molecule has 0 unspecified atom stereocenters. The molecule has 3 aromatic rings. The van der Waals surface area contributed by atoms with E-state index < -0.39 is 0 Å². The molecule has 0 atom stereocenters. The minimum absolute atomic E-state index is 0.317. The Kier molecular flexibility index (Phi) is 5.70. The minimum Gasteiger partial charge on any atom is -0.491 e. The second kappa shape index (κ2) is 8.82. The standard InChI is InChI=1S/C29H28N2O3/c1-4-17-34-25-12-8-7-11-24(25)31-28(32)26(22-14-13-19(2)20(3)18-22)27(29(31)33)30-16-15-21-9-5-6-10-23(21)30/h5-14,18H,4,15-17H2,1-3H3. The zero-order chi connectivity index (χ0) is 23.8. The van der Waals surface area contributed by atoms with Crippen molar-refractivity contribution in [2.24, 2.45) is 0 Å². The van der Waals surface area contributed by atoms with Crippen molar-refractivity contribution in [2.45, 2.75) is 33.6 Å². The normalized spacial score (nSPS) is 15.4. The zero-order valence-corrected chi connectivity index (χ0v) is 19.8. The highest BCUT2D eigenvalue weighted by Crippen LogP contribution is 2.42. The number of para-hydroxylation sites is 3. The van der Waals surface area contributed by atoms with E-state index in [2.05, 4.69) is 6.07 Å². The Labute approximate surface area is 200 Å². The molecule has 0 saturated carbocycles. The third kappa shape index (κ3) is 3.58. The van der Waals surface area contributed by atoms with Crippen LogP contribution in [0, 0.1) is 13.8 Å². The van der Waals surface area contributed by atoms with Crippen LogP contribution in [0.4, 0.5) is 11.4 Å². The number of imide groups is 1. The predicted molar refractivity (Wildman–Crippen MR) is 135 cm³/mol. The Hall–Kier alpha value is -3.86. The molecule has 0 saturated heterocycles. The van der Waals surface area contributed by atoms with Gasteiger partial charge in [0.1, 0.15) is 11.4 Å². The summed E-state index contributed by atoms with van der Waals surface area (Å²) in [6, 6.07) is 21.3. The van der Waals surface area contributed by atoms with E-state index in [1.807, 2.05) is 80.3 Å². The van der Waals surface area contributed by atoms with Gasteiger partial charge in [-0.1, -0.05) is 55.5 Å². The van der Waals surface area contributed by atoms with E-state index in [4.69, 9.17) is 4.74 Å². The summed E-state index contributed by atoms with van der Waals surface area (Å²) in [4.78, 5) is 31.3. The maximum atomic E-state index is 14.0. The lowest BCUT2D eigenvalue weighted by molar-refractivity contribution is -0.120. The molecule has 0 fully saturated rings. The second-order valence-corrected chi connectivity index (χ2v) is 8.81. The first-order valence-corrected chi connectivity index (χ1v) is 11.8. The third-order valence-electron chi connectivity index (χ3n) is 6.58. The van der Waals surface area contributed by atoms with Gasteiger partial charge in [0.25, 0.3) is 11.8 Å². The van der Waals surface area contributed by atoms with E-state index in [1.54, 1.807) is 6.07 Å². The first-order valence-electron chi connectivity index (χ1n) is 11.8. The fraction of sp³-hybridized carbons (Fsp3) is 0.241. The number of aryl methyl sites for hydroxylation is 2. The largest absolute Gasteiger partial charge is 0.491 e. The number of hydrogen-bond donors (Lipinski definition) is 0. The van der Waals surface area contributed by atoms with Crippen LogP contribution in [0.1, 0.15) is 35.6 Å². The predicted octanol–water partition coefficient (Wildman–Crippen LogP) is 5.44. The summed E-state index contributed by atoms with van der Waals surface area (Å²) >= 11 is 0. The lowest BCUT2D eigenvalue weighted by Gasteiger charge is -2.22. The Morgan fingerprint density at radius 2 is 1.59 bits per heavy atom. The second-order valence-electron chi connectivity index (χ2n) is 8.81. The highest BCUT2D eigenvalue weighted by Gasteiger charge is 2.45. The highest BCUT2D eigenvalue weighted by molar-refractivity contribution is 6.46. The Morgan fingerprint density at radius 1 is 0.853 bits per heavy atom. The molecule has 0 bridgehead atoms. The first kappa shape index (κ1) is 22.0. The van der Waals surface area contributed by atoms with Gasteiger partial charge >= 0.3 is 0 Å². The van der Waals surface area contributed by atoms with Gasteiger partial charge in [-0.05, 0) is 67.1 Å². The summed E-state index contributed by atoms with van der Waals surface area (Å²) in [5.41, 5.74) is 6.50. The number of anilines is 2. The summed E-state index contributed by atoms with van der Waals surface area (Å²) < 4.78 is 5.91. The molecule has 2 amide bonds. The molecule has 5 heteroatoms. The Balaban J connectivity index is 1.67. The summed E-state index contributed by atoms with van der Waals surface area (Å²) in [7, 11) is 0. The molecule has 0 N–H and O–H groups in total. The molecule has 0 aliphatic carbocycles. The summed E-state index contributed by atoms with van der Waals surface area (Å²) in [5, 5.41) is 0. The number of fused-ring (bicyclic) bond motifs is 1. The molecule has 0 spiro atoms. The van der Waals surface area contributed by atoms with E-state index in [0.29, 0.717) is 35.9 Å². The molecule has 2 aliphatic rings.